The molecular formula is C23H30BrN3O3Si. The average Bonchev–Trinajstić information content (AvgIpc) is 3.27. The molecule has 1 saturated heterocycles. The third-order valence-electron chi connectivity index (χ3n) is 5.70. The molecule has 6 nitrogen and oxygen atoms in total. The average molecular weight is 505 g/mol. The molecule has 0 atom stereocenters. The third kappa shape index (κ3) is 4.78. The molecule has 0 amide bonds. The highest BCUT2D eigenvalue weighted by molar-refractivity contribution is 9.10. The van der Waals surface area contributed by atoms with Crippen molar-refractivity contribution in [1.29, 1.82) is 0 Å². The van der Waals surface area contributed by atoms with Crippen LogP contribution < -0.4 is 0 Å². The topological polar surface area (TPSA) is 58.4 Å². The maximum absolute atomic E-state index is 6.11. The number of nitrogens with zero attached hydrogens (tertiary/aromatic N) is 3. The van der Waals surface area contributed by atoms with Gasteiger partial charge in [0.15, 0.2) is 11.4 Å². The number of rotatable bonds is 7. The summed E-state index contributed by atoms with van der Waals surface area (Å²) in [4.78, 5) is 9.33. The van der Waals surface area contributed by atoms with Crippen molar-refractivity contribution >= 4 is 35.2 Å². The molecule has 0 saturated carbocycles. The van der Waals surface area contributed by atoms with Crippen molar-refractivity contribution in [2.45, 2.75) is 52.1 Å². The fourth-order valence-electron chi connectivity index (χ4n) is 3.88. The van der Waals surface area contributed by atoms with Crippen LogP contribution in [0.25, 0.3) is 22.4 Å². The number of benzene rings is 1. The van der Waals surface area contributed by atoms with Gasteiger partial charge in [0.1, 0.15) is 16.9 Å². The Bertz CT molecular complexity index is 1070. The molecule has 31 heavy (non-hydrogen) atoms. The van der Waals surface area contributed by atoms with Gasteiger partial charge in [0.2, 0.25) is 0 Å². The first kappa shape index (κ1) is 22.6. The molecule has 3 aromatic rings. The van der Waals surface area contributed by atoms with Crippen LogP contribution in [0.15, 0.2) is 35.1 Å². The molecule has 0 bridgehead atoms. The summed E-state index contributed by atoms with van der Waals surface area (Å²) in [5.41, 5.74) is 5.99. The largest absolute Gasteiger partial charge is 0.361 e. The highest BCUT2D eigenvalue weighted by atomic mass is 79.9. The monoisotopic (exact) mass is 503 g/mol. The van der Waals surface area contributed by atoms with Gasteiger partial charge in [0.25, 0.3) is 0 Å². The number of halogens is 1. The van der Waals surface area contributed by atoms with Gasteiger partial charge >= 0.3 is 0 Å². The summed E-state index contributed by atoms with van der Waals surface area (Å²) in [6, 6.07) is 9.50. The smallest absolute Gasteiger partial charge is 0.192 e. The molecule has 0 aliphatic carbocycles. The van der Waals surface area contributed by atoms with Gasteiger partial charge in [-0.3, -0.25) is 4.57 Å². The predicted molar refractivity (Wildman–Crippen MR) is 129 cm³/mol. The Balaban J connectivity index is 1.69. The van der Waals surface area contributed by atoms with Gasteiger partial charge in [-0.25, -0.2) is 9.97 Å². The van der Waals surface area contributed by atoms with Crippen LogP contribution in [-0.2, 0) is 26.7 Å². The summed E-state index contributed by atoms with van der Waals surface area (Å²) in [7, 11) is -1.15. The van der Waals surface area contributed by atoms with E-state index in [0.29, 0.717) is 19.9 Å². The first-order chi connectivity index (χ1) is 14.7. The molecule has 166 valence electrons. The Hall–Kier alpha value is -1.58. The number of hydrogen-bond donors (Lipinski definition) is 0. The molecule has 1 aliphatic rings. The van der Waals surface area contributed by atoms with Crippen LogP contribution in [0, 0.1) is 6.92 Å². The van der Waals surface area contributed by atoms with Crippen LogP contribution in [0.4, 0.5) is 0 Å². The summed E-state index contributed by atoms with van der Waals surface area (Å²) in [6.07, 6.45) is 1.74. The van der Waals surface area contributed by atoms with E-state index < -0.39 is 13.9 Å². The Morgan fingerprint density at radius 1 is 1.16 bits per heavy atom. The molecule has 4 rings (SSSR count). The number of aromatic nitrogens is 3. The Labute approximate surface area is 193 Å². The van der Waals surface area contributed by atoms with Gasteiger partial charge in [0.05, 0.1) is 25.1 Å². The van der Waals surface area contributed by atoms with E-state index in [1.165, 1.54) is 0 Å². The molecule has 1 aliphatic heterocycles. The van der Waals surface area contributed by atoms with E-state index >= 15 is 0 Å². The van der Waals surface area contributed by atoms with E-state index in [0.717, 1.165) is 50.8 Å². The van der Waals surface area contributed by atoms with Crippen LogP contribution in [0.1, 0.15) is 18.1 Å². The molecule has 2 aromatic heterocycles. The molecule has 0 unspecified atom stereocenters. The van der Waals surface area contributed by atoms with Gasteiger partial charge in [-0.05, 0) is 41.4 Å². The van der Waals surface area contributed by atoms with E-state index in [9.17, 15) is 0 Å². The maximum Gasteiger partial charge on any atom is 0.192 e. The predicted octanol–water partition coefficient (Wildman–Crippen LogP) is 5.70. The van der Waals surface area contributed by atoms with Crippen LogP contribution in [0.3, 0.4) is 0 Å². The fourth-order valence-corrected chi connectivity index (χ4v) is 4.91. The zero-order valence-corrected chi connectivity index (χ0v) is 21.5. The molecule has 3 heterocycles. The van der Waals surface area contributed by atoms with E-state index in [4.69, 9.17) is 14.2 Å². The highest BCUT2D eigenvalue weighted by Crippen LogP contribution is 2.35. The highest BCUT2D eigenvalue weighted by Gasteiger charge is 2.33. The van der Waals surface area contributed by atoms with Crippen molar-refractivity contribution in [2.75, 3.05) is 19.8 Å². The normalized spacial score (nSPS) is 16.3. The number of aryl methyl sites for hydroxylation is 1. The SMILES string of the molecule is Cc1c(-c2ccc(C3(C)OCCO3)cc2)n(COCC[Si](C)(C)C)c2ncc(Br)nc12. The number of ether oxygens (including phenoxy) is 3. The molecule has 0 radical (unpaired) electrons. The maximum atomic E-state index is 6.11. The van der Waals surface area contributed by atoms with Gasteiger partial charge in [-0.1, -0.05) is 43.9 Å². The first-order valence-electron chi connectivity index (χ1n) is 10.7. The van der Waals surface area contributed by atoms with Gasteiger partial charge in [-0.2, -0.15) is 0 Å². The standard InChI is InChI=1S/C23H30BrN3O3Si/c1-16-20-22(25-14-19(24)26-20)27(15-28-12-13-31(3,4)5)21(16)17-6-8-18(9-7-17)23(2)29-10-11-30-23/h6-9,14H,10-13,15H2,1-5H3. The van der Waals surface area contributed by atoms with Crippen LogP contribution in [0.2, 0.25) is 25.7 Å². The lowest BCUT2D eigenvalue weighted by Crippen LogP contribution is -2.22. The Kier molecular flexibility index (Phi) is 6.38. The second-order valence-electron chi connectivity index (χ2n) is 9.33. The second-order valence-corrected chi connectivity index (χ2v) is 15.8. The van der Waals surface area contributed by atoms with Crippen molar-refractivity contribution in [3.63, 3.8) is 0 Å². The van der Waals surface area contributed by atoms with Crippen molar-refractivity contribution in [1.82, 2.24) is 14.5 Å². The second kappa shape index (κ2) is 8.75. The Morgan fingerprint density at radius 3 is 2.48 bits per heavy atom. The van der Waals surface area contributed by atoms with E-state index in [1.807, 2.05) is 6.92 Å². The molecule has 0 spiro atoms. The zero-order chi connectivity index (χ0) is 22.2. The van der Waals surface area contributed by atoms with Crippen LogP contribution in [-0.4, -0.2) is 42.4 Å². The van der Waals surface area contributed by atoms with Gasteiger partial charge in [0, 0.05) is 25.8 Å². The lowest BCUT2D eigenvalue weighted by molar-refractivity contribution is -0.149. The van der Waals surface area contributed by atoms with Crippen LogP contribution in [0.5, 0.6) is 0 Å². The minimum Gasteiger partial charge on any atom is -0.361 e. The van der Waals surface area contributed by atoms with Crippen molar-refractivity contribution in [3.05, 3.63) is 46.2 Å². The summed E-state index contributed by atoms with van der Waals surface area (Å²) in [6.45, 7) is 13.6. The first-order valence-corrected chi connectivity index (χ1v) is 15.2. The fraction of sp³-hybridized carbons (Fsp3) is 0.478. The lowest BCUT2D eigenvalue weighted by Gasteiger charge is -2.23. The molecule has 8 heteroatoms. The van der Waals surface area contributed by atoms with E-state index in [1.54, 1.807) is 6.20 Å². The quantitative estimate of drug-likeness (QED) is 0.305. The summed E-state index contributed by atoms with van der Waals surface area (Å²) in [5.74, 6) is -0.672. The number of hydrogen-bond acceptors (Lipinski definition) is 5. The van der Waals surface area contributed by atoms with Crippen molar-refractivity contribution in [2.24, 2.45) is 0 Å². The van der Waals surface area contributed by atoms with Crippen LogP contribution >= 0.6 is 15.9 Å². The minimum absolute atomic E-state index is 0.451. The number of fused-ring (bicyclic) bond motifs is 1. The van der Waals surface area contributed by atoms with Gasteiger partial charge in [-0.15, -0.1) is 0 Å². The third-order valence-corrected chi connectivity index (χ3v) is 7.78. The van der Waals surface area contributed by atoms with Crippen molar-refractivity contribution in [3.8, 4) is 11.3 Å². The van der Waals surface area contributed by atoms with Gasteiger partial charge < -0.3 is 14.2 Å². The summed E-state index contributed by atoms with van der Waals surface area (Å²) in [5, 5.41) is 0. The van der Waals surface area contributed by atoms with E-state index in [-0.39, 0.29) is 0 Å². The van der Waals surface area contributed by atoms with E-state index in [2.05, 4.69) is 81.3 Å². The minimum atomic E-state index is -1.15. The molecule has 1 fully saturated rings. The molecular weight excluding hydrogens is 474 g/mol. The lowest BCUT2D eigenvalue weighted by atomic mass is 10.0. The van der Waals surface area contributed by atoms with Crippen molar-refractivity contribution < 1.29 is 14.2 Å². The summed E-state index contributed by atoms with van der Waals surface area (Å²) >= 11 is 3.46. The molecule has 0 N–H and O–H groups in total. The Morgan fingerprint density at radius 2 is 1.84 bits per heavy atom. The summed E-state index contributed by atoms with van der Waals surface area (Å²) < 4.78 is 20.6. The zero-order valence-electron chi connectivity index (χ0n) is 18.9. The molecule has 1 aromatic carbocycles.